The van der Waals surface area contributed by atoms with Gasteiger partial charge in [-0.1, -0.05) is 6.07 Å². The summed E-state index contributed by atoms with van der Waals surface area (Å²) in [6.45, 7) is 4.95. The van der Waals surface area contributed by atoms with Crippen molar-refractivity contribution < 1.29 is 30.3 Å². The van der Waals surface area contributed by atoms with Gasteiger partial charge in [0.1, 0.15) is 5.75 Å². The molecule has 2 rings (SSSR count). The molecular weight excluding hydrogens is 420 g/mol. The van der Waals surface area contributed by atoms with E-state index in [0.29, 0.717) is 16.3 Å². The van der Waals surface area contributed by atoms with Crippen LogP contribution in [0.2, 0.25) is 0 Å². The summed E-state index contributed by atoms with van der Waals surface area (Å²) in [4.78, 5) is 0.376. The number of azo groups is 1. The molecule has 2 aromatic rings. The first-order valence-electron chi connectivity index (χ1n) is 8.45. The summed E-state index contributed by atoms with van der Waals surface area (Å²) < 4.78 is 55.9. The first kappa shape index (κ1) is 23.1. The van der Waals surface area contributed by atoms with Gasteiger partial charge in [0, 0.05) is 6.07 Å². The van der Waals surface area contributed by atoms with Crippen LogP contribution in [0.4, 0.5) is 11.4 Å². The number of nitrogens with zero attached hydrogens (tertiary/aromatic N) is 2. The van der Waals surface area contributed by atoms with Crippen LogP contribution < -0.4 is 4.74 Å². The molecular formula is C18H22N2O7S2. The van der Waals surface area contributed by atoms with Gasteiger partial charge in [0.05, 0.1) is 36.6 Å². The fourth-order valence-corrected chi connectivity index (χ4v) is 3.50. The van der Waals surface area contributed by atoms with E-state index < -0.39 is 28.1 Å². The number of benzene rings is 2. The zero-order chi connectivity index (χ0) is 21.6. The third kappa shape index (κ3) is 6.98. The van der Waals surface area contributed by atoms with Gasteiger partial charge in [-0.3, -0.25) is 8.74 Å². The molecule has 2 aromatic carbocycles. The molecule has 0 bridgehead atoms. The summed E-state index contributed by atoms with van der Waals surface area (Å²) in [6, 6.07) is 8.65. The average molecular weight is 443 g/mol. The minimum absolute atomic E-state index is 0.276. The molecule has 0 heterocycles. The molecule has 0 amide bonds. The molecule has 0 spiro atoms. The summed E-state index contributed by atoms with van der Waals surface area (Å²) in [7, 11) is -2.95. The maximum Gasteiger partial charge on any atom is 0.397 e. The van der Waals surface area contributed by atoms with E-state index in [0.717, 1.165) is 22.4 Å². The van der Waals surface area contributed by atoms with Crippen molar-refractivity contribution in [3.8, 4) is 5.75 Å². The molecule has 11 heteroatoms. The summed E-state index contributed by atoms with van der Waals surface area (Å²) in [5.74, 6) is 0.724. The largest absolute Gasteiger partial charge is 0.496 e. The molecule has 0 saturated carbocycles. The predicted octanol–water partition coefficient (Wildman–Crippen LogP) is 3.89. The van der Waals surface area contributed by atoms with Gasteiger partial charge in [-0.05, 0) is 55.7 Å². The minimum atomic E-state index is -4.55. The van der Waals surface area contributed by atoms with Gasteiger partial charge in [-0.25, -0.2) is 8.39 Å². The Kier molecular flexibility index (Phi) is 7.99. The van der Waals surface area contributed by atoms with Crippen molar-refractivity contribution in [2.75, 3.05) is 20.3 Å². The summed E-state index contributed by atoms with van der Waals surface area (Å²) in [5, 5.41) is 8.55. The van der Waals surface area contributed by atoms with Gasteiger partial charge in [0.15, 0.2) is 11.1 Å². The number of methoxy groups -OCH3 is 1. The van der Waals surface area contributed by atoms with E-state index in [1.54, 1.807) is 32.2 Å². The van der Waals surface area contributed by atoms with Gasteiger partial charge in [-0.15, -0.1) is 0 Å². The maximum absolute atomic E-state index is 12.1. The third-order valence-electron chi connectivity index (χ3n) is 3.85. The third-order valence-corrected chi connectivity index (χ3v) is 5.33. The average Bonchev–Trinajstić information content (AvgIpc) is 2.64. The molecule has 1 unspecified atom stereocenters. The van der Waals surface area contributed by atoms with Gasteiger partial charge in [0.25, 0.3) is 0 Å². The first-order valence-corrected chi connectivity index (χ1v) is 10.9. The molecule has 0 aliphatic rings. The second-order valence-electron chi connectivity index (χ2n) is 6.06. The Bertz CT molecular complexity index is 1040. The van der Waals surface area contributed by atoms with Crippen molar-refractivity contribution in [2.24, 2.45) is 10.2 Å². The Morgan fingerprint density at radius 3 is 2.24 bits per heavy atom. The molecule has 0 fully saturated rings. The molecule has 29 heavy (non-hydrogen) atoms. The molecule has 0 aromatic heterocycles. The van der Waals surface area contributed by atoms with Crippen LogP contribution in [0, 0.1) is 20.8 Å². The van der Waals surface area contributed by atoms with Crippen molar-refractivity contribution in [2.45, 2.75) is 25.7 Å². The number of hydrogen-bond acceptors (Lipinski definition) is 8. The number of aryl methyl sites for hydroxylation is 3. The Hall–Kier alpha value is -2.18. The highest BCUT2D eigenvalue weighted by Crippen LogP contribution is 2.30. The van der Waals surface area contributed by atoms with E-state index in [1.807, 2.05) is 26.0 Å². The topological polar surface area (TPSA) is 124 Å². The Morgan fingerprint density at radius 2 is 1.62 bits per heavy atom. The van der Waals surface area contributed by atoms with Gasteiger partial charge < -0.3 is 4.74 Å². The Balaban J connectivity index is 2.08. The zero-order valence-electron chi connectivity index (χ0n) is 16.4. The summed E-state index contributed by atoms with van der Waals surface area (Å²) in [5.41, 5.74) is 3.98. The Morgan fingerprint density at radius 1 is 0.966 bits per heavy atom. The van der Waals surface area contributed by atoms with Crippen LogP contribution >= 0.6 is 0 Å². The molecule has 0 radical (unpaired) electrons. The van der Waals surface area contributed by atoms with Crippen molar-refractivity contribution >= 4 is 32.9 Å². The molecule has 1 atom stereocenters. The molecule has 1 N–H and O–H groups in total. The lowest BCUT2D eigenvalue weighted by Crippen LogP contribution is -2.11. The van der Waals surface area contributed by atoms with E-state index in [1.165, 1.54) is 0 Å². The summed E-state index contributed by atoms with van der Waals surface area (Å²) in [6.07, 6.45) is 0. The minimum Gasteiger partial charge on any atom is -0.496 e. The smallest absolute Gasteiger partial charge is 0.397 e. The van der Waals surface area contributed by atoms with Crippen LogP contribution in [-0.4, -0.2) is 37.5 Å². The van der Waals surface area contributed by atoms with Crippen LogP contribution in [0.3, 0.4) is 0 Å². The second-order valence-corrected chi connectivity index (χ2v) is 8.33. The molecule has 0 aliphatic carbocycles. The molecule has 0 saturated heterocycles. The zero-order valence-corrected chi connectivity index (χ0v) is 18.0. The van der Waals surface area contributed by atoms with Gasteiger partial charge >= 0.3 is 10.4 Å². The Labute approximate surface area is 172 Å². The lowest BCUT2D eigenvalue weighted by Gasteiger charge is -2.08. The highest BCUT2D eigenvalue weighted by atomic mass is 32.3. The van der Waals surface area contributed by atoms with Crippen LogP contribution in [0.5, 0.6) is 5.75 Å². The van der Waals surface area contributed by atoms with E-state index >= 15 is 0 Å². The summed E-state index contributed by atoms with van der Waals surface area (Å²) >= 11 is -1.83. The fourth-order valence-electron chi connectivity index (χ4n) is 2.42. The quantitative estimate of drug-likeness (QED) is 0.355. The lowest BCUT2D eigenvalue weighted by molar-refractivity contribution is 0.212. The highest BCUT2D eigenvalue weighted by molar-refractivity contribution is 7.81. The van der Waals surface area contributed by atoms with E-state index in [4.69, 9.17) is 13.5 Å². The predicted molar refractivity (Wildman–Crippen MR) is 108 cm³/mol. The van der Waals surface area contributed by atoms with Crippen LogP contribution in [0.15, 0.2) is 45.5 Å². The lowest BCUT2D eigenvalue weighted by atomic mass is 10.1. The fraction of sp³-hybridized carbons (Fsp3) is 0.333. The van der Waals surface area contributed by atoms with Crippen molar-refractivity contribution in [1.82, 2.24) is 0 Å². The number of rotatable bonds is 9. The number of ether oxygens (including phenoxy) is 1. The normalized spacial score (nSPS) is 13.0. The maximum atomic E-state index is 12.1. The SMILES string of the molecule is COc1cc(N=Nc2ccc(S(=O)OCCOS(=O)(=O)O)cc2C)c(C)cc1C. The van der Waals surface area contributed by atoms with Gasteiger partial charge in [0.2, 0.25) is 0 Å². The van der Waals surface area contributed by atoms with E-state index in [2.05, 4.69) is 14.4 Å². The van der Waals surface area contributed by atoms with Crippen LogP contribution in [0.1, 0.15) is 16.7 Å². The van der Waals surface area contributed by atoms with E-state index in [-0.39, 0.29) is 6.61 Å². The second kappa shape index (κ2) is 10.0. The van der Waals surface area contributed by atoms with Gasteiger partial charge in [-0.2, -0.15) is 18.6 Å². The van der Waals surface area contributed by atoms with E-state index in [9.17, 15) is 12.6 Å². The van der Waals surface area contributed by atoms with Crippen LogP contribution in [-0.2, 0) is 29.8 Å². The van der Waals surface area contributed by atoms with Crippen LogP contribution in [0.25, 0.3) is 0 Å². The standard InChI is InChI=1S/C18H22N2O7S2/c1-12-9-14(3)18(25-4)11-17(12)20-19-16-6-5-15(10-13(16)2)28(21)26-7-8-27-29(22,23)24/h5-6,9-11H,7-8H2,1-4H3,(H,22,23,24). The highest BCUT2D eigenvalue weighted by Gasteiger charge is 2.10. The van der Waals surface area contributed by atoms with Crippen molar-refractivity contribution in [3.05, 3.63) is 47.0 Å². The monoisotopic (exact) mass is 442 g/mol. The van der Waals surface area contributed by atoms with Crippen molar-refractivity contribution in [3.63, 3.8) is 0 Å². The number of hydrogen-bond donors (Lipinski definition) is 1. The molecule has 9 nitrogen and oxygen atoms in total. The molecule has 158 valence electrons. The van der Waals surface area contributed by atoms with Crippen molar-refractivity contribution in [1.29, 1.82) is 0 Å². The molecule has 0 aliphatic heterocycles. The first-order chi connectivity index (χ1) is 13.6.